The maximum atomic E-state index is 5.66. The van der Waals surface area contributed by atoms with Crippen LogP contribution in [0.1, 0.15) is 31.2 Å². The van der Waals surface area contributed by atoms with Crippen LogP contribution in [0.15, 0.2) is 6.20 Å². The molecule has 1 aromatic heterocycles. The van der Waals surface area contributed by atoms with Crippen molar-refractivity contribution < 1.29 is 4.74 Å². The minimum atomic E-state index is 0.425. The normalized spacial score (nSPS) is 17.5. The van der Waals surface area contributed by atoms with E-state index in [4.69, 9.17) is 4.74 Å². The summed E-state index contributed by atoms with van der Waals surface area (Å²) in [6.45, 7) is 8.92. The minimum absolute atomic E-state index is 0.425. The number of aromatic nitrogens is 2. The lowest BCUT2D eigenvalue weighted by molar-refractivity contribution is 0.0458. The van der Waals surface area contributed by atoms with Crippen LogP contribution in [0.25, 0.3) is 0 Å². The highest BCUT2D eigenvalue weighted by Crippen LogP contribution is 2.21. The molecule has 0 saturated carbocycles. The molecule has 0 radical (unpaired) electrons. The molecular formula is C13H21N3O. The van der Waals surface area contributed by atoms with Crippen molar-refractivity contribution in [2.75, 3.05) is 24.6 Å². The van der Waals surface area contributed by atoms with Gasteiger partial charge >= 0.3 is 0 Å². The summed E-state index contributed by atoms with van der Waals surface area (Å²) < 4.78 is 5.66. The van der Waals surface area contributed by atoms with Gasteiger partial charge in [0.15, 0.2) is 0 Å². The van der Waals surface area contributed by atoms with E-state index in [1.54, 1.807) is 0 Å². The molecule has 2 rings (SSSR count). The number of hydrogen-bond acceptors (Lipinski definition) is 4. The lowest BCUT2D eigenvalue weighted by Gasteiger charge is -2.33. The molecule has 2 heterocycles. The van der Waals surface area contributed by atoms with Gasteiger partial charge < -0.3 is 9.64 Å². The van der Waals surface area contributed by atoms with E-state index in [1.165, 1.54) is 0 Å². The van der Waals surface area contributed by atoms with Crippen molar-refractivity contribution in [3.63, 3.8) is 0 Å². The van der Waals surface area contributed by atoms with Gasteiger partial charge in [-0.2, -0.15) is 0 Å². The lowest BCUT2D eigenvalue weighted by Crippen LogP contribution is -2.38. The summed E-state index contributed by atoms with van der Waals surface area (Å²) in [5.74, 6) is 1.04. The zero-order chi connectivity index (χ0) is 12.3. The summed E-state index contributed by atoms with van der Waals surface area (Å²) in [6.07, 6.45) is 4.42. The standard InChI is InChI=1S/C13H21N3O/c1-4-17-12-5-7-16(8-6-12)13-11(3)14-9-10(2)15-13/h9,12H,4-8H2,1-3H3. The maximum absolute atomic E-state index is 5.66. The molecule has 4 heteroatoms. The Morgan fingerprint density at radius 2 is 2.06 bits per heavy atom. The van der Waals surface area contributed by atoms with Crippen LogP contribution in [0.4, 0.5) is 5.82 Å². The fraction of sp³-hybridized carbons (Fsp3) is 0.692. The molecule has 94 valence electrons. The Bertz CT molecular complexity index is 373. The van der Waals surface area contributed by atoms with E-state index in [0.29, 0.717) is 6.10 Å². The molecule has 0 N–H and O–H groups in total. The largest absolute Gasteiger partial charge is 0.378 e. The molecule has 17 heavy (non-hydrogen) atoms. The van der Waals surface area contributed by atoms with Crippen LogP contribution in [0.5, 0.6) is 0 Å². The van der Waals surface area contributed by atoms with Crippen molar-refractivity contribution in [2.24, 2.45) is 0 Å². The zero-order valence-electron chi connectivity index (χ0n) is 10.9. The van der Waals surface area contributed by atoms with Crippen molar-refractivity contribution in [3.05, 3.63) is 17.6 Å². The van der Waals surface area contributed by atoms with Gasteiger partial charge in [0.05, 0.1) is 17.5 Å². The van der Waals surface area contributed by atoms with E-state index in [1.807, 2.05) is 20.0 Å². The molecule has 1 aromatic rings. The first-order valence-electron chi connectivity index (χ1n) is 6.37. The number of hydrogen-bond donors (Lipinski definition) is 0. The van der Waals surface area contributed by atoms with Crippen molar-refractivity contribution >= 4 is 5.82 Å². The van der Waals surface area contributed by atoms with Crippen LogP contribution < -0.4 is 4.90 Å². The van der Waals surface area contributed by atoms with Gasteiger partial charge in [-0.15, -0.1) is 0 Å². The van der Waals surface area contributed by atoms with Crippen LogP contribution in [-0.4, -0.2) is 35.8 Å². The molecule has 0 bridgehead atoms. The smallest absolute Gasteiger partial charge is 0.150 e. The molecule has 0 atom stereocenters. The molecule has 4 nitrogen and oxygen atoms in total. The first kappa shape index (κ1) is 12.3. The summed E-state index contributed by atoms with van der Waals surface area (Å²) >= 11 is 0. The minimum Gasteiger partial charge on any atom is -0.378 e. The average Bonchev–Trinajstić information content (AvgIpc) is 2.34. The first-order chi connectivity index (χ1) is 8.20. The molecule has 1 fully saturated rings. The molecule has 1 saturated heterocycles. The molecule has 1 aliphatic heterocycles. The monoisotopic (exact) mass is 235 g/mol. The Balaban J connectivity index is 2.02. The summed E-state index contributed by atoms with van der Waals surface area (Å²) in [5.41, 5.74) is 2.00. The number of rotatable bonds is 3. The molecule has 0 spiro atoms. The molecule has 1 aliphatic rings. The van der Waals surface area contributed by atoms with Gasteiger partial charge in [-0.1, -0.05) is 0 Å². The van der Waals surface area contributed by atoms with Crippen LogP contribution in [0.2, 0.25) is 0 Å². The summed E-state index contributed by atoms with van der Waals surface area (Å²) in [5, 5.41) is 0. The first-order valence-corrected chi connectivity index (χ1v) is 6.37. The van der Waals surface area contributed by atoms with Crippen LogP contribution in [0, 0.1) is 13.8 Å². The third-order valence-corrected chi connectivity index (χ3v) is 3.19. The zero-order valence-corrected chi connectivity index (χ0v) is 10.9. The lowest BCUT2D eigenvalue weighted by atomic mass is 10.1. The van der Waals surface area contributed by atoms with Gasteiger partial charge in [0.1, 0.15) is 5.82 Å². The van der Waals surface area contributed by atoms with Crippen LogP contribution in [-0.2, 0) is 4.74 Å². The fourth-order valence-electron chi connectivity index (χ4n) is 2.29. The number of aryl methyl sites for hydroxylation is 2. The van der Waals surface area contributed by atoms with Gasteiger partial charge in [-0.05, 0) is 33.6 Å². The Kier molecular flexibility index (Phi) is 3.94. The Morgan fingerprint density at radius 3 is 2.71 bits per heavy atom. The SMILES string of the molecule is CCOC1CCN(c2nc(C)cnc2C)CC1. The Labute approximate surface area is 103 Å². The summed E-state index contributed by atoms with van der Waals surface area (Å²) in [7, 11) is 0. The predicted octanol–water partition coefficient (Wildman–Crippen LogP) is 2.10. The van der Waals surface area contributed by atoms with Gasteiger partial charge in [-0.3, -0.25) is 4.98 Å². The van der Waals surface area contributed by atoms with Gasteiger partial charge in [0.2, 0.25) is 0 Å². The van der Waals surface area contributed by atoms with E-state index >= 15 is 0 Å². The Morgan fingerprint density at radius 1 is 1.35 bits per heavy atom. The molecule has 0 unspecified atom stereocenters. The number of piperidine rings is 1. The van der Waals surface area contributed by atoms with E-state index in [9.17, 15) is 0 Å². The maximum Gasteiger partial charge on any atom is 0.150 e. The molecule has 0 aliphatic carbocycles. The van der Waals surface area contributed by atoms with Crippen molar-refractivity contribution in [1.82, 2.24) is 9.97 Å². The highest BCUT2D eigenvalue weighted by molar-refractivity contribution is 5.43. The molecule has 0 aromatic carbocycles. The molecular weight excluding hydrogens is 214 g/mol. The van der Waals surface area contributed by atoms with Crippen molar-refractivity contribution in [2.45, 2.75) is 39.7 Å². The average molecular weight is 235 g/mol. The third-order valence-electron chi connectivity index (χ3n) is 3.19. The van der Waals surface area contributed by atoms with Crippen LogP contribution >= 0.6 is 0 Å². The van der Waals surface area contributed by atoms with Crippen molar-refractivity contribution in [1.29, 1.82) is 0 Å². The highest BCUT2D eigenvalue weighted by atomic mass is 16.5. The van der Waals surface area contributed by atoms with Gasteiger partial charge in [0.25, 0.3) is 0 Å². The molecule has 0 amide bonds. The van der Waals surface area contributed by atoms with Gasteiger partial charge in [-0.25, -0.2) is 4.98 Å². The number of ether oxygens (including phenoxy) is 1. The Hall–Kier alpha value is -1.16. The highest BCUT2D eigenvalue weighted by Gasteiger charge is 2.21. The quantitative estimate of drug-likeness (QED) is 0.804. The second kappa shape index (κ2) is 5.45. The second-order valence-corrected chi connectivity index (χ2v) is 4.56. The van der Waals surface area contributed by atoms with E-state index in [2.05, 4.69) is 21.8 Å². The number of nitrogens with zero attached hydrogens (tertiary/aromatic N) is 3. The van der Waals surface area contributed by atoms with Crippen LogP contribution in [0.3, 0.4) is 0 Å². The van der Waals surface area contributed by atoms with E-state index < -0.39 is 0 Å². The summed E-state index contributed by atoms with van der Waals surface area (Å²) in [6, 6.07) is 0. The van der Waals surface area contributed by atoms with Crippen molar-refractivity contribution in [3.8, 4) is 0 Å². The third kappa shape index (κ3) is 2.94. The van der Waals surface area contributed by atoms with E-state index in [0.717, 1.165) is 49.7 Å². The predicted molar refractivity (Wildman–Crippen MR) is 68.4 cm³/mol. The van der Waals surface area contributed by atoms with Gasteiger partial charge in [0, 0.05) is 25.9 Å². The number of anilines is 1. The summed E-state index contributed by atoms with van der Waals surface area (Å²) in [4.78, 5) is 11.3. The fourth-order valence-corrected chi connectivity index (χ4v) is 2.29. The second-order valence-electron chi connectivity index (χ2n) is 4.56. The van der Waals surface area contributed by atoms with E-state index in [-0.39, 0.29) is 0 Å². The topological polar surface area (TPSA) is 38.2 Å².